The van der Waals surface area contributed by atoms with E-state index in [1.807, 2.05) is 13.8 Å². The molecule has 1 N–H and O–H groups in total. The van der Waals surface area contributed by atoms with E-state index in [4.69, 9.17) is 4.74 Å². The van der Waals surface area contributed by atoms with Gasteiger partial charge in [0.1, 0.15) is 5.75 Å². The van der Waals surface area contributed by atoms with Crippen molar-refractivity contribution in [3.05, 3.63) is 24.3 Å². The van der Waals surface area contributed by atoms with Crippen molar-refractivity contribution in [3.8, 4) is 5.75 Å². The molecule has 0 aliphatic carbocycles. The van der Waals surface area contributed by atoms with Crippen LogP contribution in [0, 0.1) is 0 Å². The van der Waals surface area contributed by atoms with Crippen molar-refractivity contribution in [2.24, 2.45) is 0 Å². The first kappa shape index (κ1) is 14.7. The second kappa shape index (κ2) is 6.54. The Bertz CT molecular complexity index is 353. The van der Waals surface area contributed by atoms with Gasteiger partial charge in [-0.2, -0.15) is 8.78 Å². The number of benzene rings is 1. The summed E-state index contributed by atoms with van der Waals surface area (Å²) in [6.45, 7) is 1.98. The van der Waals surface area contributed by atoms with Gasteiger partial charge in [-0.05, 0) is 44.5 Å². The molecule has 0 saturated heterocycles. The molecule has 1 aromatic rings. The summed E-state index contributed by atoms with van der Waals surface area (Å²) in [4.78, 5) is 0. The third-order valence-corrected chi connectivity index (χ3v) is 2.69. The van der Waals surface area contributed by atoms with E-state index < -0.39 is 6.61 Å². The molecule has 0 fully saturated rings. The van der Waals surface area contributed by atoms with Crippen molar-refractivity contribution >= 4 is 5.69 Å². The lowest BCUT2D eigenvalue weighted by Gasteiger charge is -2.23. The van der Waals surface area contributed by atoms with Gasteiger partial charge in [-0.25, -0.2) is 0 Å². The molecule has 18 heavy (non-hydrogen) atoms. The zero-order valence-electron chi connectivity index (χ0n) is 10.9. The van der Waals surface area contributed by atoms with Crippen LogP contribution in [-0.4, -0.2) is 25.9 Å². The molecule has 1 aromatic carbocycles. The van der Waals surface area contributed by atoms with E-state index in [9.17, 15) is 8.78 Å². The largest absolute Gasteiger partial charge is 0.435 e. The highest BCUT2D eigenvalue weighted by molar-refractivity contribution is 5.46. The molecule has 0 atom stereocenters. The van der Waals surface area contributed by atoms with Crippen LogP contribution in [0.15, 0.2) is 24.3 Å². The lowest BCUT2D eigenvalue weighted by molar-refractivity contribution is -0.0498. The van der Waals surface area contributed by atoms with Crippen LogP contribution in [0.3, 0.4) is 0 Å². The third kappa shape index (κ3) is 5.31. The first-order valence-corrected chi connectivity index (χ1v) is 5.77. The molecule has 102 valence electrons. The van der Waals surface area contributed by atoms with E-state index in [0.29, 0.717) is 0 Å². The van der Waals surface area contributed by atoms with Crippen molar-refractivity contribution in [2.45, 2.75) is 32.5 Å². The fourth-order valence-electron chi connectivity index (χ4n) is 1.36. The lowest BCUT2D eigenvalue weighted by Crippen LogP contribution is -2.25. The maximum atomic E-state index is 11.9. The highest BCUT2D eigenvalue weighted by Gasteiger charge is 2.15. The summed E-state index contributed by atoms with van der Waals surface area (Å²) in [7, 11) is 1.68. The monoisotopic (exact) mass is 259 g/mol. The third-order valence-electron chi connectivity index (χ3n) is 2.69. The van der Waals surface area contributed by atoms with Gasteiger partial charge in [0.25, 0.3) is 0 Å². The predicted octanol–water partition coefficient (Wildman–Crippen LogP) is 3.52. The minimum atomic E-state index is -2.79. The topological polar surface area (TPSA) is 30.5 Å². The molecule has 5 heteroatoms. The first-order chi connectivity index (χ1) is 8.43. The summed E-state index contributed by atoms with van der Waals surface area (Å²) < 4.78 is 33.4. The molecule has 0 heterocycles. The zero-order valence-corrected chi connectivity index (χ0v) is 10.9. The molecule has 0 aliphatic heterocycles. The van der Waals surface area contributed by atoms with Gasteiger partial charge in [0.05, 0.1) is 5.60 Å². The maximum Gasteiger partial charge on any atom is 0.387 e. The van der Waals surface area contributed by atoms with Crippen LogP contribution in [0.2, 0.25) is 0 Å². The second-order valence-corrected chi connectivity index (χ2v) is 4.54. The van der Waals surface area contributed by atoms with Gasteiger partial charge in [-0.15, -0.1) is 0 Å². The van der Waals surface area contributed by atoms with Crippen LogP contribution in [0.25, 0.3) is 0 Å². The Kier molecular flexibility index (Phi) is 5.34. The number of hydrogen-bond donors (Lipinski definition) is 1. The van der Waals surface area contributed by atoms with Gasteiger partial charge in [0, 0.05) is 19.3 Å². The Morgan fingerprint density at radius 1 is 1.22 bits per heavy atom. The van der Waals surface area contributed by atoms with Gasteiger partial charge in [0.2, 0.25) is 0 Å². The van der Waals surface area contributed by atoms with E-state index >= 15 is 0 Å². The number of alkyl halides is 2. The van der Waals surface area contributed by atoms with Crippen molar-refractivity contribution in [2.75, 3.05) is 19.0 Å². The Labute approximate surface area is 106 Å². The normalized spacial score (nSPS) is 11.7. The standard InChI is InChI=1S/C13H19F2NO2/c1-13(2,17-3)8-9-16-10-4-6-11(7-5-10)18-12(14)15/h4-7,12,16H,8-9H2,1-3H3. The van der Waals surface area contributed by atoms with Gasteiger partial charge in [-0.3, -0.25) is 0 Å². The summed E-state index contributed by atoms with van der Waals surface area (Å²) in [5.41, 5.74) is 0.689. The molecular weight excluding hydrogens is 240 g/mol. The molecule has 0 aromatic heterocycles. The van der Waals surface area contributed by atoms with Gasteiger partial charge < -0.3 is 14.8 Å². The average molecular weight is 259 g/mol. The maximum absolute atomic E-state index is 11.9. The smallest absolute Gasteiger partial charge is 0.387 e. The molecular formula is C13H19F2NO2. The Morgan fingerprint density at radius 3 is 2.33 bits per heavy atom. The minimum absolute atomic E-state index is 0.160. The molecule has 0 amide bonds. The quantitative estimate of drug-likeness (QED) is 0.812. The van der Waals surface area contributed by atoms with E-state index in [-0.39, 0.29) is 11.4 Å². The van der Waals surface area contributed by atoms with Crippen LogP contribution >= 0.6 is 0 Å². The number of ether oxygens (including phenoxy) is 2. The predicted molar refractivity (Wildman–Crippen MR) is 67.3 cm³/mol. The van der Waals surface area contributed by atoms with E-state index in [2.05, 4.69) is 10.1 Å². The van der Waals surface area contributed by atoms with Crippen LogP contribution in [0.5, 0.6) is 5.75 Å². The summed E-state index contributed by atoms with van der Waals surface area (Å²) in [6.07, 6.45) is 0.846. The number of nitrogens with one attached hydrogen (secondary N) is 1. The Hall–Kier alpha value is -1.36. The summed E-state index contributed by atoms with van der Waals surface area (Å²) in [6, 6.07) is 6.43. The summed E-state index contributed by atoms with van der Waals surface area (Å²) in [5.74, 6) is 0.160. The van der Waals surface area contributed by atoms with Gasteiger partial charge in [-0.1, -0.05) is 0 Å². The lowest BCUT2D eigenvalue weighted by atomic mass is 10.1. The van der Waals surface area contributed by atoms with E-state index in [1.165, 1.54) is 12.1 Å². The van der Waals surface area contributed by atoms with Crippen LogP contribution in [-0.2, 0) is 4.74 Å². The minimum Gasteiger partial charge on any atom is -0.435 e. The molecule has 0 unspecified atom stereocenters. The molecule has 0 saturated carbocycles. The van der Waals surface area contributed by atoms with Crippen molar-refractivity contribution in [3.63, 3.8) is 0 Å². The fraction of sp³-hybridized carbons (Fsp3) is 0.538. The van der Waals surface area contributed by atoms with Gasteiger partial charge in [0.15, 0.2) is 0 Å². The number of rotatable bonds is 7. The Morgan fingerprint density at radius 2 is 1.83 bits per heavy atom. The van der Waals surface area contributed by atoms with E-state index in [1.54, 1.807) is 19.2 Å². The first-order valence-electron chi connectivity index (χ1n) is 5.77. The molecule has 1 rings (SSSR count). The molecule has 0 aliphatic rings. The average Bonchev–Trinajstić information content (AvgIpc) is 2.30. The Balaban J connectivity index is 2.40. The zero-order chi connectivity index (χ0) is 13.6. The highest BCUT2D eigenvalue weighted by atomic mass is 19.3. The highest BCUT2D eigenvalue weighted by Crippen LogP contribution is 2.18. The van der Waals surface area contributed by atoms with Crippen LogP contribution in [0.4, 0.5) is 14.5 Å². The van der Waals surface area contributed by atoms with Crippen molar-refractivity contribution < 1.29 is 18.3 Å². The van der Waals surface area contributed by atoms with E-state index in [0.717, 1.165) is 18.7 Å². The van der Waals surface area contributed by atoms with Crippen molar-refractivity contribution in [1.82, 2.24) is 0 Å². The number of methoxy groups -OCH3 is 1. The van der Waals surface area contributed by atoms with Crippen LogP contribution in [0.1, 0.15) is 20.3 Å². The SMILES string of the molecule is COC(C)(C)CCNc1ccc(OC(F)F)cc1. The van der Waals surface area contributed by atoms with Crippen LogP contribution < -0.4 is 10.1 Å². The fourth-order valence-corrected chi connectivity index (χ4v) is 1.36. The number of halogens is 2. The molecule has 3 nitrogen and oxygen atoms in total. The van der Waals surface area contributed by atoms with Gasteiger partial charge >= 0.3 is 6.61 Å². The molecule has 0 spiro atoms. The second-order valence-electron chi connectivity index (χ2n) is 4.54. The molecule has 0 bridgehead atoms. The summed E-state index contributed by atoms with van der Waals surface area (Å²) in [5, 5.41) is 3.19. The molecule has 0 radical (unpaired) electrons. The van der Waals surface area contributed by atoms with Crippen molar-refractivity contribution in [1.29, 1.82) is 0 Å². The number of hydrogen-bond acceptors (Lipinski definition) is 3. The summed E-state index contributed by atoms with van der Waals surface area (Å²) >= 11 is 0. The number of anilines is 1.